The second kappa shape index (κ2) is 13.0. The summed E-state index contributed by atoms with van der Waals surface area (Å²) >= 11 is 14.4. The summed E-state index contributed by atoms with van der Waals surface area (Å²) < 4.78 is 40.6. The minimum Gasteiger partial charge on any atom is -0.406 e. The molecule has 13 heteroatoms. The van der Waals surface area contributed by atoms with E-state index in [2.05, 4.69) is 24.9 Å². The minimum absolute atomic E-state index is 0.213. The number of nitrogens with zero attached hydrogens (tertiary/aromatic N) is 5. The van der Waals surface area contributed by atoms with Gasteiger partial charge in [-0.15, -0.1) is 18.3 Å². The Balaban J connectivity index is 1.38. The number of para-hydroxylation sites is 1. The highest BCUT2D eigenvalue weighted by atomic mass is 35.5. The zero-order chi connectivity index (χ0) is 27.8. The molecule has 1 aliphatic rings. The van der Waals surface area contributed by atoms with E-state index in [0.717, 1.165) is 42.1 Å². The van der Waals surface area contributed by atoms with Crippen LogP contribution >= 0.6 is 35.0 Å². The summed E-state index contributed by atoms with van der Waals surface area (Å²) in [5.41, 5.74) is 8.59. The Morgan fingerprint density at radius 3 is 2.36 bits per heavy atom. The third kappa shape index (κ3) is 8.22. The largest absolute Gasteiger partial charge is 0.573 e. The molecule has 0 aromatic heterocycles. The first kappa shape index (κ1) is 28.5. The van der Waals surface area contributed by atoms with E-state index in [1.54, 1.807) is 48.3 Å². The van der Waals surface area contributed by atoms with Crippen molar-refractivity contribution >= 4 is 69.9 Å². The second-order valence-electron chi connectivity index (χ2n) is 7.97. The number of amidine groups is 2. The van der Waals surface area contributed by atoms with Gasteiger partial charge in [0.1, 0.15) is 17.9 Å². The number of rotatable bonds is 7. The van der Waals surface area contributed by atoms with Crippen LogP contribution in [0.2, 0.25) is 10.0 Å². The van der Waals surface area contributed by atoms with E-state index in [1.165, 1.54) is 18.5 Å². The lowest BCUT2D eigenvalue weighted by Gasteiger charge is -2.30. The third-order valence-electron chi connectivity index (χ3n) is 5.23. The van der Waals surface area contributed by atoms with Crippen molar-refractivity contribution in [3.05, 3.63) is 87.9 Å². The molecule has 1 saturated heterocycles. The maximum atomic E-state index is 12.2. The van der Waals surface area contributed by atoms with Crippen molar-refractivity contribution in [3.8, 4) is 5.75 Å². The highest BCUT2D eigenvalue weighted by Gasteiger charge is 2.31. The zero-order valence-corrected chi connectivity index (χ0v) is 22.5. The summed E-state index contributed by atoms with van der Waals surface area (Å²) in [6.45, 7) is 0.735. The van der Waals surface area contributed by atoms with Gasteiger partial charge in [-0.05, 0) is 48.4 Å². The molecule has 0 amide bonds. The maximum Gasteiger partial charge on any atom is 0.573 e. The predicted octanol–water partition coefficient (Wildman–Crippen LogP) is 7.29. The van der Waals surface area contributed by atoms with Gasteiger partial charge in [-0.3, -0.25) is 0 Å². The smallest absolute Gasteiger partial charge is 0.406 e. The fraction of sp³-hybridized carbons (Fsp3) is 0.154. The summed E-state index contributed by atoms with van der Waals surface area (Å²) in [6.07, 6.45) is -0.938. The molecule has 2 N–H and O–H groups in total. The number of alkyl halides is 3. The van der Waals surface area contributed by atoms with Crippen LogP contribution < -0.4 is 15.4 Å². The Bertz CT molecular complexity index is 1390. The second-order valence-corrected chi connectivity index (χ2v) is 9.85. The average Bonchev–Trinajstić information content (AvgIpc) is 2.90. The van der Waals surface area contributed by atoms with Gasteiger partial charge in [-0.1, -0.05) is 65.3 Å². The average molecular weight is 593 g/mol. The molecule has 0 radical (unpaired) electrons. The fourth-order valence-corrected chi connectivity index (χ4v) is 4.95. The Labute approximate surface area is 236 Å². The number of aliphatic imine (C=N–C) groups is 2. The van der Waals surface area contributed by atoms with Crippen LogP contribution in [-0.2, 0) is 0 Å². The van der Waals surface area contributed by atoms with Crippen LogP contribution in [0.5, 0.6) is 5.75 Å². The van der Waals surface area contributed by atoms with Crippen molar-refractivity contribution in [2.24, 2.45) is 25.9 Å². The van der Waals surface area contributed by atoms with Crippen LogP contribution in [0.25, 0.3) is 0 Å². The molecular weight excluding hydrogens is 572 g/mol. The first-order valence-electron chi connectivity index (χ1n) is 11.5. The van der Waals surface area contributed by atoms with Crippen molar-refractivity contribution in [2.75, 3.05) is 17.2 Å². The summed E-state index contributed by atoms with van der Waals surface area (Å²) in [4.78, 5) is 10.1. The van der Waals surface area contributed by atoms with Gasteiger partial charge in [0, 0.05) is 17.9 Å². The van der Waals surface area contributed by atoms with E-state index in [9.17, 15) is 13.2 Å². The number of hydrogen-bond donors (Lipinski definition) is 1. The molecule has 4 rings (SSSR count). The molecule has 39 heavy (non-hydrogen) atoms. The molecule has 0 bridgehead atoms. The molecule has 1 heterocycles. The van der Waals surface area contributed by atoms with Crippen molar-refractivity contribution in [3.63, 3.8) is 0 Å². The van der Waals surface area contributed by atoms with Crippen molar-refractivity contribution in [1.82, 2.24) is 0 Å². The monoisotopic (exact) mass is 592 g/mol. The molecule has 3 aromatic rings. The van der Waals surface area contributed by atoms with Gasteiger partial charge in [-0.25, -0.2) is 9.98 Å². The Morgan fingerprint density at radius 1 is 1.00 bits per heavy atom. The van der Waals surface area contributed by atoms with Crippen LogP contribution in [0.15, 0.2) is 86.9 Å². The maximum absolute atomic E-state index is 12.2. The number of halogens is 5. The molecular formula is C26H21Cl2F3N6OS. The fourth-order valence-electron chi connectivity index (χ4n) is 3.45. The molecule has 0 aliphatic carbocycles. The number of thioether (sulfide) groups is 1. The first-order valence-corrected chi connectivity index (χ1v) is 13.2. The summed E-state index contributed by atoms with van der Waals surface area (Å²) in [7, 11) is 0. The van der Waals surface area contributed by atoms with Gasteiger partial charge < -0.3 is 15.4 Å². The van der Waals surface area contributed by atoms with Gasteiger partial charge in [0.25, 0.3) is 0 Å². The van der Waals surface area contributed by atoms with Crippen molar-refractivity contribution < 1.29 is 17.9 Å². The van der Waals surface area contributed by atoms with Gasteiger partial charge >= 0.3 is 6.36 Å². The normalized spacial score (nSPS) is 16.0. The number of benzene rings is 3. The van der Waals surface area contributed by atoms with Crippen LogP contribution in [0.4, 0.5) is 24.5 Å². The summed E-state index contributed by atoms with van der Waals surface area (Å²) in [6, 6.07) is 17.6. The van der Waals surface area contributed by atoms with Gasteiger partial charge in [0.2, 0.25) is 0 Å². The predicted molar refractivity (Wildman–Crippen MR) is 154 cm³/mol. The number of anilines is 1. The van der Waals surface area contributed by atoms with Crippen LogP contribution in [0.3, 0.4) is 0 Å². The summed E-state index contributed by atoms with van der Waals surface area (Å²) in [5.74, 6) is 0.797. The molecule has 0 atom stereocenters. The Hall–Kier alpha value is -3.54. The van der Waals surface area contributed by atoms with E-state index in [1.807, 2.05) is 17.0 Å². The lowest BCUT2D eigenvalue weighted by Crippen LogP contribution is -2.34. The van der Waals surface area contributed by atoms with Crippen LogP contribution in [0.1, 0.15) is 17.5 Å². The van der Waals surface area contributed by atoms with Gasteiger partial charge in [0.15, 0.2) is 5.17 Å². The quantitative estimate of drug-likeness (QED) is 0.177. The lowest BCUT2D eigenvalue weighted by molar-refractivity contribution is -0.274. The van der Waals surface area contributed by atoms with E-state index >= 15 is 0 Å². The van der Waals surface area contributed by atoms with Gasteiger partial charge in [-0.2, -0.15) is 5.10 Å². The highest BCUT2D eigenvalue weighted by Crippen LogP contribution is 2.37. The molecule has 0 saturated carbocycles. The molecule has 0 unspecified atom stereocenters. The van der Waals surface area contributed by atoms with Gasteiger partial charge in [0.05, 0.1) is 27.6 Å². The molecule has 7 nitrogen and oxygen atoms in total. The first-order chi connectivity index (χ1) is 18.7. The van der Waals surface area contributed by atoms with Crippen molar-refractivity contribution in [2.45, 2.75) is 12.8 Å². The molecule has 0 spiro atoms. The Kier molecular flexibility index (Phi) is 9.50. The number of nitrogens with two attached hydrogens (primary N) is 1. The van der Waals surface area contributed by atoms with Crippen LogP contribution in [-0.4, -0.2) is 42.2 Å². The van der Waals surface area contributed by atoms with E-state index in [0.29, 0.717) is 26.5 Å². The molecule has 202 valence electrons. The minimum atomic E-state index is -4.75. The van der Waals surface area contributed by atoms with E-state index in [4.69, 9.17) is 28.9 Å². The lowest BCUT2D eigenvalue weighted by atomic mass is 10.1. The Morgan fingerprint density at radius 2 is 1.69 bits per heavy atom. The van der Waals surface area contributed by atoms with E-state index < -0.39 is 6.36 Å². The standard InChI is InChI=1S/C26H21Cl2F3N6OS/c27-21-3-1-4-22(28)23(21)37-13-2-14-39-25(37)36-35-15-17-5-7-18(8-6-17)24(32)34-16-33-19-9-11-20(12-10-19)38-26(29,30)31/h1,3-12,15-16H,2,13-14H2,(H2,32,33,34)/b35-15-,36-25+. The number of ether oxygens (including phenoxy) is 1. The molecule has 1 fully saturated rings. The highest BCUT2D eigenvalue weighted by molar-refractivity contribution is 8.14. The van der Waals surface area contributed by atoms with E-state index in [-0.39, 0.29) is 11.6 Å². The zero-order valence-electron chi connectivity index (χ0n) is 20.1. The van der Waals surface area contributed by atoms with Crippen molar-refractivity contribution in [1.29, 1.82) is 0 Å². The topological polar surface area (TPSA) is 87.9 Å². The molecule has 3 aromatic carbocycles. The third-order valence-corrected chi connectivity index (χ3v) is 6.89. The number of hydrogen-bond acceptors (Lipinski definition) is 5. The summed E-state index contributed by atoms with van der Waals surface area (Å²) in [5, 5.41) is 10.5. The van der Waals surface area contributed by atoms with Crippen LogP contribution in [0, 0.1) is 0 Å². The SMILES string of the molecule is NC(=NC=Nc1ccc(OC(F)(F)F)cc1)c1ccc(/C=N\N=C2\SCCCN2c2c(Cl)cccc2Cl)cc1. The molecule has 1 aliphatic heterocycles.